The molecule has 1 aliphatic rings. The van der Waals surface area contributed by atoms with Crippen molar-refractivity contribution in [3.8, 4) is 11.5 Å². The van der Waals surface area contributed by atoms with Crippen LogP contribution in [0.1, 0.15) is 55.4 Å². The molecule has 1 aromatic rings. The molecule has 2 heteroatoms. The molecule has 1 aliphatic heterocycles. The van der Waals surface area contributed by atoms with Crippen LogP contribution in [0.4, 0.5) is 0 Å². The Kier molecular flexibility index (Phi) is 3.31. The van der Waals surface area contributed by atoms with E-state index < -0.39 is 0 Å². The second-order valence-corrected chi connectivity index (χ2v) is 5.83. The van der Waals surface area contributed by atoms with Gasteiger partial charge in [0, 0.05) is 5.56 Å². The zero-order chi connectivity index (χ0) is 13.5. The SMILES string of the molecule is CCC[C@]1(C)CCc2c(C)c(O)c(C)c(C)c2O1. The van der Waals surface area contributed by atoms with Gasteiger partial charge in [0.05, 0.1) is 0 Å². The predicted octanol–water partition coefficient (Wildman–Crippen LogP) is 4.20. The molecular formula is C16H24O2. The van der Waals surface area contributed by atoms with Gasteiger partial charge >= 0.3 is 0 Å². The van der Waals surface area contributed by atoms with Crippen LogP contribution in [0.5, 0.6) is 11.5 Å². The van der Waals surface area contributed by atoms with E-state index >= 15 is 0 Å². The number of phenolic OH excluding ortho intramolecular Hbond substituents is 1. The molecule has 1 atom stereocenters. The maximum atomic E-state index is 10.1. The van der Waals surface area contributed by atoms with Crippen molar-refractivity contribution >= 4 is 0 Å². The number of phenols is 1. The molecule has 0 fully saturated rings. The maximum Gasteiger partial charge on any atom is 0.127 e. The zero-order valence-electron chi connectivity index (χ0n) is 12.2. The summed E-state index contributed by atoms with van der Waals surface area (Å²) < 4.78 is 6.30. The second-order valence-electron chi connectivity index (χ2n) is 5.83. The molecule has 1 N–H and O–H groups in total. The third kappa shape index (κ3) is 1.98. The van der Waals surface area contributed by atoms with E-state index in [0.29, 0.717) is 5.75 Å². The van der Waals surface area contributed by atoms with Gasteiger partial charge in [-0.2, -0.15) is 0 Å². The number of hydrogen-bond donors (Lipinski definition) is 1. The van der Waals surface area contributed by atoms with Crippen molar-refractivity contribution in [1.29, 1.82) is 0 Å². The summed E-state index contributed by atoms with van der Waals surface area (Å²) in [6, 6.07) is 0. The van der Waals surface area contributed by atoms with E-state index in [-0.39, 0.29) is 5.60 Å². The minimum absolute atomic E-state index is 0.0393. The van der Waals surface area contributed by atoms with Crippen molar-refractivity contribution in [2.75, 3.05) is 0 Å². The minimum Gasteiger partial charge on any atom is -0.507 e. The summed E-state index contributed by atoms with van der Waals surface area (Å²) in [6.45, 7) is 10.4. The summed E-state index contributed by atoms with van der Waals surface area (Å²) >= 11 is 0. The molecule has 0 bridgehead atoms. The van der Waals surface area contributed by atoms with Gasteiger partial charge in [-0.15, -0.1) is 0 Å². The molecule has 2 rings (SSSR count). The Balaban J connectivity index is 2.50. The summed E-state index contributed by atoms with van der Waals surface area (Å²) in [5.41, 5.74) is 4.19. The molecule has 0 saturated carbocycles. The van der Waals surface area contributed by atoms with Gasteiger partial charge in [0.25, 0.3) is 0 Å². The molecule has 0 saturated heterocycles. The average molecular weight is 248 g/mol. The lowest BCUT2D eigenvalue weighted by molar-refractivity contribution is 0.0542. The fourth-order valence-electron chi connectivity index (χ4n) is 3.00. The molecule has 0 aromatic heterocycles. The molecular weight excluding hydrogens is 224 g/mol. The Hall–Kier alpha value is -1.18. The normalized spacial score (nSPS) is 22.5. The van der Waals surface area contributed by atoms with Crippen LogP contribution >= 0.6 is 0 Å². The van der Waals surface area contributed by atoms with Crippen molar-refractivity contribution in [1.82, 2.24) is 0 Å². The third-order valence-corrected chi connectivity index (χ3v) is 4.37. The van der Waals surface area contributed by atoms with Gasteiger partial charge < -0.3 is 9.84 Å². The van der Waals surface area contributed by atoms with E-state index in [9.17, 15) is 5.11 Å². The first-order valence-corrected chi connectivity index (χ1v) is 6.90. The van der Waals surface area contributed by atoms with Gasteiger partial charge in [0.2, 0.25) is 0 Å². The lowest BCUT2D eigenvalue weighted by Crippen LogP contribution is -2.36. The van der Waals surface area contributed by atoms with Gasteiger partial charge in [-0.25, -0.2) is 0 Å². The molecule has 0 unspecified atom stereocenters. The first kappa shape index (κ1) is 13.3. The quantitative estimate of drug-likeness (QED) is 0.850. The molecule has 100 valence electrons. The van der Waals surface area contributed by atoms with Crippen LogP contribution in [-0.2, 0) is 6.42 Å². The fourth-order valence-corrected chi connectivity index (χ4v) is 3.00. The van der Waals surface area contributed by atoms with Gasteiger partial charge in [0.15, 0.2) is 0 Å². The monoisotopic (exact) mass is 248 g/mol. The van der Waals surface area contributed by atoms with E-state index in [0.717, 1.165) is 48.1 Å². The molecule has 1 aromatic carbocycles. The fraction of sp³-hybridized carbons (Fsp3) is 0.625. The average Bonchev–Trinajstić information content (AvgIpc) is 2.34. The summed E-state index contributed by atoms with van der Waals surface area (Å²) in [6.07, 6.45) is 4.27. The Morgan fingerprint density at radius 2 is 1.83 bits per heavy atom. The first-order chi connectivity index (χ1) is 8.39. The molecule has 18 heavy (non-hydrogen) atoms. The molecule has 0 spiro atoms. The van der Waals surface area contributed by atoms with E-state index in [1.54, 1.807) is 0 Å². The minimum atomic E-state index is -0.0393. The predicted molar refractivity (Wildman–Crippen MR) is 74.6 cm³/mol. The van der Waals surface area contributed by atoms with Crippen molar-refractivity contribution in [2.24, 2.45) is 0 Å². The molecule has 0 radical (unpaired) electrons. The van der Waals surface area contributed by atoms with E-state index in [4.69, 9.17) is 4.74 Å². The lowest BCUT2D eigenvalue weighted by Gasteiger charge is -2.38. The summed E-state index contributed by atoms with van der Waals surface area (Å²) in [5.74, 6) is 1.46. The number of aromatic hydroxyl groups is 1. The largest absolute Gasteiger partial charge is 0.507 e. The van der Waals surface area contributed by atoms with Gasteiger partial charge in [-0.1, -0.05) is 13.3 Å². The highest BCUT2D eigenvalue weighted by Gasteiger charge is 2.33. The van der Waals surface area contributed by atoms with Gasteiger partial charge in [-0.3, -0.25) is 0 Å². The maximum absolute atomic E-state index is 10.1. The van der Waals surface area contributed by atoms with Crippen LogP contribution in [0.2, 0.25) is 0 Å². The van der Waals surface area contributed by atoms with Crippen molar-refractivity contribution in [3.63, 3.8) is 0 Å². The smallest absolute Gasteiger partial charge is 0.127 e. The molecule has 1 heterocycles. The van der Waals surface area contributed by atoms with Crippen LogP contribution in [0, 0.1) is 20.8 Å². The summed E-state index contributed by atoms with van der Waals surface area (Å²) in [4.78, 5) is 0. The van der Waals surface area contributed by atoms with Crippen LogP contribution < -0.4 is 4.74 Å². The van der Waals surface area contributed by atoms with Crippen molar-refractivity contribution in [2.45, 2.75) is 65.9 Å². The number of fused-ring (bicyclic) bond motifs is 1. The summed E-state index contributed by atoms with van der Waals surface area (Å²) in [7, 11) is 0. The van der Waals surface area contributed by atoms with Crippen LogP contribution in [-0.4, -0.2) is 10.7 Å². The molecule has 0 amide bonds. The van der Waals surface area contributed by atoms with Gasteiger partial charge in [0.1, 0.15) is 17.1 Å². The summed E-state index contributed by atoms with van der Waals surface area (Å²) in [5, 5.41) is 10.1. The lowest BCUT2D eigenvalue weighted by atomic mass is 9.85. The highest BCUT2D eigenvalue weighted by molar-refractivity contribution is 5.58. The van der Waals surface area contributed by atoms with Crippen LogP contribution in [0.3, 0.4) is 0 Å². The Bertz CT molecular complexity index is 477. The number of hydrogen-bond acceptors (Lipinski definition) is 2. The Morgan fingerprint density at radius 3 is 2.44 bits per heavy atom. The first-order valence-electron chi connectivity index (χ1n) is 6.90. The number of rotatable bonds is 2. The number of ether oxygens (including phenoxy) is 1. The molecule has 0 aliphatic carbocycles. The van der Waals surface area contributed by atoms with Crippen molar-refractivity contribution < 1.29 is 9.84 Å². The Labute approximate surface area is 110 Å². The van der Waals surface area contributed by atoms with Crippen LogP contribution in [0.15, 0.2) is 0 Å². The standard InChI is InChI=1S/C16H24O2/c1-6-8-16(5)9-7-13-12(4)14(17)10(2)11(3)15(13)18-16/h17H,6-9H2,1-5H3/t16-/m1/s1. The number of benzene rings is 1. The van der Waals surface area contributed by atoms with E-state index in [1.165, 1.54) is 5.56 Å². The van der Waals surface area contributed by atoms with E-state index in [1.807, 2.05) is 20.8 Å². The zero-order valence-corrected chi connectivity index (χ0v) is 12.2. The van der Waals surface area contributed by atoms with Crippen molar-refractivity contribution in [3.05, 3.63) is 22.3 Å². The van der Waals surface area contributed by atoms with Crippen LogP contribution in [0.25, 0.3) is 0 Å². The third-order valence-electron chi connectivity index (χ3n) is 4.37. The van der Waals surface area contributed by atoms with E-state index in [2.05, 4.69) is 13.8 Å². The topological polar surface area (TPSA) is 29.5 Å². The highest BCUT2D eigenvalue weighted by Crippen LogP contribution is 2.44. The second kappa shape index (κ2) is 4.49. The molecule has 2 nitrogen and oxygen atoms in total. The Morgan fingerprint density at radius 1 is 1.17 bits per heavy atom. The van der Waals surface area contributed by atoms with Gasteiger partial charge in [-0.05, 0) is 63.6 Å². The highest BCUT2D eigenvalue weighted by atomic mass is 16.5.